The fraction of sp³-hybridized carbons (Fsp3) is 0.381. The fourth-order valence-corrected chi connectivity index (χ4v) is 4.20. The van der Waals surface area contributed by atoms with Crippen molar-refractivity contribution in [2.45, 2.75) is 38.9 Å². The van der Waals surface area contributed by atoms with Gasteiger partial charge < -0.3 is 5.32 Å². The van der Waals surface area contributed by atoms with E-state index in [1.165, 1.54) is 13.0 Å². The molecule has 0 unspecified atom stereocenters. The van der Waals surface area contributed by atoms with E-state index in [0.717, 1.165) is 42.0 Å². The number of benzene rings is 2. The van der Waals surface area contributed by atoms with Crippen LogP contribution in [0.3, 0.4) is 0 Å². The van der Waals surface area contributed by atoms with Crippen molar-refractivity contribution in [3.8, 4) is 0 Å². The highest BCUT2D eigenvalue weighted by Crippen LogP contribution is 2.32. The zero-order chi connectivity index (χ0) is 22.5. The number of hydrogen-bond acceptors (Lipinski definition) is 3. The van der Waals surface area contributed by atoms with Gasteiger partial charge in [-0.1, -0.05) is 35.9 Å². The predicted octanol–water partition coefficient (Wildman–Crippen LogP) is 3.92. The molecule has 2 aromatic rings. The number of halogens is 3. The number of nitrogens with one attached hydrogen (secondary N) is 1. The Morgan fingerprint density at radius 2 is 1.77 bits per heavy atom. The minimum Gasteiger partial charge on any atom is -0.354 e. The summed E-state index contributed by atoms with van der Waals surface area (Å²) in [6, 6.07) is 10.7. The lowest BCUT2D eigenvalue weighted by Crippen LogP contribution is -2.48. The van der Waals surface area contributed by atoms with Crippen molar-refractivity contribution in [1.29, 1.82) is 0 Å². The molecule has 1 amide bonds. The van der Waals surface area contributed by atoms with Crippen LogP contribution in [0.2, 0.25) is 0 Å². The first-order chi connectivity index (χ1) is 13.9. The minimum atomic E-state index is -4.62. The maximum Gasteiger partial charge on any atom is 0.416 e. The molecule has 0 saturated carbocycles. The summed E-state index contributed by atoms with van der Waals surface area (Å²) in [6.45, 7) is 3.65. The summed E-state index contributed by atoms with van der Waals surface area (Å²) >= 11 is 0. The van der Waals surface area contributed by atoms with Gasteiger partial charge in [-0.15, -0.1) is 0 Å². The molecule has 0 aromatic heterocycles. The molecule has 0 heterocycles. The summed E-state index contributed by atoms with van der Waals surface area (Å²) < 4.78 is 64.2. The van der Waals surface area contributed by atoms with Crippen molar-refractivity contribution in [3.05, 3.63) is 65.2 Å². The van der Waals surface area contributed by atoms with Crippen LogP contribution >= 0.6 is 0 Å². The summed E-state index contributed by atoms with van der Waals surface area (Å²) in [5.74, 6) is -0.582. The number of rotatable bonds is 8. The molecule has 2 aromatic carbocycles. The average Bonchev–Trinajstić information content (AvgIpc) is 2.65. The van der Waals surface area contributed by atoms with E-state index in [1.807, 2.05) is 31.2 Å². The Balaban J connectivity index is 2.07. The molecule has 30 heavy (non-hydrogen) atoms. The van der Waals surface area contributed by atoms with Crippen LogP contribution in [-0.4, -0.2) is 33.2 Å². The lowest BCUT2D eigenvalue weighted by molar-refractivity contribution is -0.137. The highest BCUT2D eigenvalue weighted by molar-refractivity contribution is 7.92. The van der Waals surface area contributed by atoms with Crippen LogP contribution < -0.4 is 9.62 Å². The van der Waals surface area contributed by atoms with Gasteiger partial charge in [-0.25, -0.2) is 8.42 Å². The van der Waals surface area contributed by atoms with E-state index in [9.17, 15) is 26.4 Å². The van der Waals surface area contributed by atoms with Crippen LogP contribution in [0.15, 0.2) is 48.5 Å². The topological polar surface area (TPSA) is 66.5 Å². The Kier molecular flexibility index (Phi) is 7.52. The molecule has 0 fully saturated rings. The van der Waals surface area contributed by atoms with E-state index < -0.39 is 33.7 Å². The molecule has 1 N–H and O–H groups in total. The molecule has 2 rings (SSSR count). The van der Waals surface area contributed by atoms with Gasteiger partial charge in [-0.2, -0.15) is 13.2 Å². The van der Waals surface area contributed by atoms with Crippen molar-refractivity contribution in [3.63, 3.8) is 0 Å². The molecule has 1 atom stereocenters. The Bertz CT molecular complexity index is 974. The van der Waals surface area contributed by atoms with Crippen LogP contribution in [-0.2, 0) is 27.4 Å². The van der Waals surface area contributed by atoms with E-state index in [0.29, 0.717) is 17.3 Å². The third-order valence-electron chi connectivity index (χ3n) is 4.58. The molecule has 0 bridgehead atoms. The summed E-state index contributed by atoms with van der Waals surface area (Å²) in [5.41, 5.74) is 1.06. The summed E-state index contributed by atoms with van der Waals surface area (Å²) in [7, 11) is -4.00. The first-order valence-corrected chi connectivity index (χ1v) is 11.2. The van der Waals surface area contributed by atoms with E-state index in [4.69, 9.17) is 0 Å². The number of carbonyl (C=O) groups excluding carboxylic acids is 1. The van der Waals surface area contributed by atoms with Crippen LogP contribution in [0.25, 0.3) is 0 Å². The SMILES string of the molecule is Cc1ccc(CCCNC(=O)[C@H](C)N(c2cccc(C(F)(F)F)c2)S(C)(=O)=O)cc1. The minimum absolute atomic E-state index is 0.213. The molecular weight excluding hydrogens is 417 g/mol. The molecule has 9 heteroatoms. The van der Waals surface area contributed by atoms with Gasteiger partial charge in [0.2, 0.25) is 15.9 Å². The number of nitrogens with zero attached hydrogens (tertiary/aromatic N) is 1. The normalized spacial score (nSPS) is 13.0. The summed E-state index contributed by atoms with van der Waals surface area (Å²) in [5, 5.41) is 2.66. The van der Waals surface area contributed by atoms with Gasteiger partial charge in [0.25, 0.3) is 0 Å². The Morgan fingerprint density at radius 1 is 1.13 bits per heavy atom. The van der Waals surface area contributed by atoms with Crippen molar-refractivity contribution >= 4 is 21.6 Å². The highest BCUT2D eigenvalue weighted by atomic mass is 32.2. The zero-order valence-corrected chi connectivity index (χ0v) is 17.8. The van der Waals surface area contributed by atoms with Gasteiger partial charge in [0, 0.05) is 6.54 Å². The Hall–Kier alpha value is -2.55. The maximum atomic E-state index is 13.0. The van der Waals surface area contributed by atoms with E-state index in [1.54, 1.807) is 0 Å². The van der Waals surface area contributed by atoms with Gasteiger partial charge in [0.15, 0.2) is 0 Å². The molecule has 0 saturated heterocycles. The standard InChI is InChI=1S/C21H25F3N2O3S/c1-15-9-11-17(12-10-15)6-5-13-25-20(27)16(2)26(30(3,28)29)19-8-4-7-18(14-19)21(22,23)24/h4,7-12,14,16H,5-6,13H2,1-3H3,(H,25,27)/t16-/m0/s1. The number of carbonyl (C=O) groups is 1. The van der Waals surface area contributed by atoms with Gasteiger partial charge >= 0.3 is 6.18 Å². The van der Waals surface area contributed by atoms with Gasteiger partial charge in [0.05, 0.1) is 17.5 Å². The number of sulfonamides is 1. The molecule has 0 spiro atoms. The number of anilines is 1. The van der Waals surface area contributed by atoms with Crippen molar-refractivity contribution in [2.24, 2.45) is 0 Å². The fourth-order valence-electron chi connectivity index (χ4n) is 3.03. The highest BCUT2D eigenvalue weighted by Gasteiger charge is 2.33. The molecule has 0 aliphatic heterocycles. The van der Waals surface area contributed by atoms with Crippen molar-refractivity contribution in [2.75, 3.05) is 17.1 Å². The number of aryl methyl sites for hydroxylation is 2. The van der Waals surface area contributed by atoms with Crippen LogP contribution in [0.1, 0.15) is 30.0 Å². The van der Waals surface area contributed by atoms with Crippen LogP contribution in [0.4, 0.5) is 18.9 Å². The third-order valence-corrected chi connectivity index (χ3v) is 5.82. The van der Waals surface area contributed by atoms with Crippen LogP contribution in [0.5, 0.6) is 0 Å². The van der Waals surface area contributed by atoms with E-state index in [-0.39, 0.29) is 5.69 Å². The quantitative estimate of drug-likeness (QED) is 0.631. The molecule has 164 valence electrons. The second kappa shape index (κ2) is 9.51. The van der Waals surface area contributed by atoms with Gasteiger partial charge in [0.1, 0.15) is 6.04 Å². The van der Waals surface area contributed by atoms with Crippen molar-refractivity contribution in [1.82, 2.24) is 5.32 Å². The smallest absolute Gasteiger partial charge is 0.354 e. The monoisotopic (exact) mass is 442 g/mol. The van der Waals surface area contributed by atoms with Gasteiger partial charge in [-0.05, 0) is 50.5 Å². The number of alkyl halides is 3. The molecular formula is C21H25F3N2O3S. The largest absolute Gasteiger partial charge is 0.416 e. The van der Waals surface area contributed by atoms with E-state index >= 15 is 0 Å². The third kappa shape index (κ3) is 6.48. The lowest BCUT2D eigenvalue weighted by atomic mass is 10.1. The number of amides is 1. The second-order valence-corrected chi connectivity index (χ2v) is 9.02. The zero-order valence-electron chi connectivity index (χ0n) is 17.0. The average molecular weight is 443 g/mol. The number of hydrogen-bond donors (Lipinski definition) is 1. The summed E-state index contributed by atoms with van der Waals surface area (Å²) in [4.78, 5) is 12.5. The second-order valence-electron chi connectivity index (χ2n) is 7.16. The Morgan fingerprint density at radius 3 is 2.33 bits per heavy atom. The molecule has 0 radical (unpaired) electrons. The molecule has 5 nitrogen and oxygen atoms in total. The molecule has 0 aliphatic carbocycles. The first-order valence-electron chi connectivity index (χ1n) is 9.39. The summed E-state index contributed by atoms with van der Waals surface area (Å²) in [6.07, 6.45) is -2.39. The van der Waals surface area contributed by atoms with Gasteiger partial charge in [-0.3, -0.25) is 9.10 Å². The maximum absolute atomic E-state index is 13.0. The predicted molar refractivity (Wildman–Crippen MR) is 111 cm³/mol. The van der Waals surface area contributed by atoms with Crippen molar-refractivity contribution < 1.29 is 26.4 Å². The molecule has 0 aliphatic rings. The first kappa shape index (κ1) is 23.7. The Labute approximate surface area is 175 Å². The van der Waals surface area contributed by atoms with Crippen LogP contribution in [0, 0.1) is 6.92 Å². The lowest BCUT2D eigenvalue weighted by Gasteiger charge is -2.28. The van der Waals surface area contributed by atoms with E-state index in [2.05, 4.69) is 5.32 Å².